The second-order valence-corrected chi connectivity index (χ2v) is 6.37. The van der Waals surface area contributed by atoms with E-state index in [9.17, 15) is 22.8 Å². The molecule has 2 aromatic carbocycles. The average Bonchev–Trinajstić information content (AvgIpc) is 2.64. The van der Waals surface area contributed by atoms with Gasteiger partial charge in [0.2, 0.25) is 0 Å². The number of hydrogen-bond donors (Lipinski definition) is 2. The highest BCUT2D eigenvalue weighted by molar-refractivity contribution is 6.37. The molecule has 0 aliphatic rings. The van der Waals surface area contributed by atoms with Crippen molar-refractivity contribution in [2.45, 2.75) is 6.18 Å². The fraction of sp³-hybridized carbons (Fsp3) is 0.222. The maximum Gasteiger partial charge on any atom is 0.416 e. The highest BCUT2D eigenvalue weighted by atomic mass is 35.5. The SMILES string of the molecule is COc1c(Cl)cc(C(=O)NCCNC(=O)c2ccc(C(F)(F)F)cc2)cc1Cl. The van der Waals surface area contributed by atoms with Crippen LogP contribution in [0.4, 0.5) is 13.2 Å². The number of ether oxygens (including phenoxy) is 1. The zero-order chi connectivity index (χ0) is 20.9. The maximum atomic E-state index is 12.5. The van der Waals surface area contributed by atoms with Gasteiger partial charge in [0.1, 0.15) is 0 Å². The highest BCUT2D eigenvalue weighted by Crippen LogP contribution is 2.33. The van der Waals surface area contributed by atoms with E-state index in [1.54, 1.807) is 0 Å². The average molecular weight is 435 g/mol. The van der Waals surface area contributed by atoms with Crippen molar-refractivity contribution in [3.63, 3.8) is 0 Å². The van der Waals surface area contributed by atoms with E-state index in [2.05, 4.69) is 10.6 Å². The molecular weight excluding hydrogens is 420 g/mol. The van der Waals surface area contributed by atoms with Crippen molar-refractivity contribution in [1.82, 2.24) is 10.6 Å². The normalized spacial score (nSPS) is 11.1. The summed E-state index contributed by atoms with van der Waals surface area (Å²) in [5.41, 5.74) is -0.550. The molecule has 2 amide bonds. The molecule has 10 heteroatoms. The first-order valence-corrected chi connectivity index (χ1v) is 8.65. The van der Waals surface area contributed by atoms with Crippen LogP contribution in [0.15, 0.2) is 36.4 Å². The summed E-state index contributed by atoms with van der Waals surface area (Å²) in [5, 5.41) is 5.42. The molecule has 0 fully saturated rings. The Morgan fingerprint density at radius 2 is 1.39 bits per heavy atom. The molecule has 5 nitrogen and oxygen atoms in total. The fourth-order valence-electron chi connectivity index (χ4n) is 2.25. The summed E-state index contributed by atoms with van der Waals surface area (Å²) in [6.07, 6.45) is -4.47. The molecule has 0 aliphatic heterocycles. The minimum absolute atomic E-state index is 0.0726. The summed E-state index contributed by atoms with van der Waals surface area (Å²) in [4.78, 5) is 24.0. The lowest BCUT2D eigenvalue weighted by atomic mass is 10.1. The molecule has 0 heterocycles. The third-order valence-electron chi connectivity index (χ3n) is 3.64. The topological polar surface area (TPSA) is 67.4 Å². The summed E-state index contributed by atoms with van der Waals surface area (Å²) in [6.45, 7) is 0.162. The molecule has 2 N–H and O–H groups in total. The van der Waals surface area contributed by atoms with E-state index in [4.69, 9.17) is 27.9 Å². The summed E-state index contributed by atoms with van der Waals surface area (Å²) in [5.74, 6) is -0.766. The predicted molar refractivity (Wildman–Crippen MR) is 99.1 cm³/mol. The van der Waals surface area contributed by atoms with Crippen LogP contribution >= 0.6 is 23.2 Å². The molecule has 0 saturated carbocycles. The number of methoxy groups -OCH3 is 1. The van der Waals surface area contributed by atoms with Crippen LogP contribution in [-0.2, 0) is 6.18 Å². The number of rotatable bonds is 6. The number of nitrogens with one attached hydrogen (secondary N) is 2. The van der Waals surface area contributed by atoms with Gasteiger partial charge in [-0.15, -0.1) is 0 Å². The number of carbonyl (C=O) groups is 2. The van der Waals surface area contributed by atoms with Gasteiger partial charge in [-0.25, -0.2) is 0 Å². The zero-order valence-corrected chi connectivity index (χ0v) is 16.0. The van der Waals surface area contributed by atoms with Crippen molar-refractivity contribution >= 4 is 35.0 Å². The first-order chi connectivity index (χ1) is 13.1. The van der Waals surface area contributed by atoms with Crippen molar-refractivity contribution in [1.29, 1.82) is 0 Å². The monoisotopic (exact) mass is 434 g/mol. The number of carbonyl (C=O) groups excluding carboxylic acids is 2. The van der Waals surface area contributed by atoms with Crippen molar-refractivity contribution in [3.05, 3.63) is 63.1 Å². The minimum Gasteiger partial charge on any atom is -0.494 e. The van der Waals surface area contributed by atoms with Gasteiger partial charge in [0.25, 0.3) is 11.8 Å². The molecule has 0 aromatic heterocycles. The van der Waals surface area contributed by atoms with Crippen LogP contribution in [-0.4, -0.2) is 32.0 Å². The largest absolute Gasteiger partial charge is 0.494 e. The lowest BCUT2D eigenvalue weighted by Gasteiger charge is -2.10. The number of benzene rings is 2. The molecule has 0 spiro atoms. The first-order valence-electron chi connectivity index (χ1n) is 7.90. The van der Waals surface area contributed by atoms with Gasteiger partial charge < -0.3 is 15.4 Å². The van der Waals surface area contributed by atoms with Crippen molar-refractivity contribution in [2.24, 2.45) is 0 Å². The number of hydrogen-bond acceptors (Lipinski definition) is 3. The van der Waals surface area contributed by atoms with Crippen LogP contribution in [0.1, 0.15) is 26.3 Å². The van der Waals surface area contributed by atoms with Crippen LogP contribution in [0, 0.1) is 0 Å². The van der Waals surface area contributed by atoms with E-state index in [-0.39, 0.29) is 40.0 Å². The number of halogens is 5. The fourth-order valence-corrected chi connectivity index (χ4v) is 2.89. The van der Waals surface area contributed by atoms with Crippen molar-refractivity contribution < 1.29 is 27.5 Å². The Kier molecular flexibility index (Phi) is 7.15. The van der Waals surface area contributed by atoms with Gasteiger partial charge in [0, 0.05) is 24.2 Å². The van der Waals surface area contributed by atoms with E-state index < -0.39 is 23.6 Å². The van der Waals surface area contributed by atoms with Gasteiger partial charge in [0.15, 0.2) is 5.75 Å². The Balaban J connectivity index is 1.85. The molecule has 0 radical (unpaired) electrons. The summed E-state index contributed by atoms with van der Waals surface area (Å²) < 4.78 is 42.5. The molecule has 2 aromatic rings. The van der Waals surface area contributed by atoms with E-state index in [1.165, 1.54) is 19.2 Å². The molecule has 0 atom stereocenters. The molecule has 150 valence electrons. The van der Waals surface area contributed by atoms with Crippen molar-refractivity contribution in [2.75, 3.05) is 20.2 Å². The van der Waals surface area contributed by atoms with Crippen LogP contribution in [0.2, 0.25) is 10.0 Å². The summed E-state index contributed by atoms with van der Waals surface area (Å²) in [7, 11) is 1.40. The van der Waals surface area contributed by atoms with Gasteiger partial charge in [-0.1, -0.05) is 23.2 Å². The van der Waals surface area contributed by atoms with Gasteiger partial charge in [-0.3, -0.25) is 9.59 Å². The quantitative estimate of drug-likeness (QED) is 0.670. The number of amides is 2. The lowest BCUT2D eigenvalue weighted by molar-refractivity contribution is -0.137. The van der Waals surface area contributed by atoms with E-state index in [0.29, 0.717) is 0 Å². The maximum absolute atomic E-state index is 12.5. The Morgan fingerprint density at radius 3 is 1.82 bits per heavy atom. The van der Waals surface area contributed by atoms with E-state index >= 15 is 0 Å². The predicted octanol–water partition coefficient (Wildman–Crippen LogP) is 4.18. The molecular formula is C18H15Cl2F3N2O3. The Labute approximate surface area is 168 Å². The summed E-state index contributed by atoms with van der Waals surface area (Å²) in [6, 6.07) is 6.60. The molecule has 0 aliphatic carbocycles. The van der Waals surface area contributed by atoms with Crippen LogP contribution in [0.5, 0.6) is 5.75 Å². The smallest absolute Gasteiger partial charge is 0.416 e. The van der Waals surface area contributed by atoms with E-state index in [1.807, 2.05) is 0 Å². The lowest BCUT2D eigenvalue weighted by Crippen LogP contribution is -2.34. The van der Waals surface area contributed by atoms with Gasteiger partial charge in [-0.05, 0) is 36.4 Å². The zero-order valence-electron chi connectivity index (χ0n) is 14.5. The van der Waals surface area contributed by atoms with Gasteiger partial charge in [0.05, 0.1) is 22.7 Å². The summed E-state index contributed by atoms with van der Waals surface area (Å²) >= 11 is 11.9. The molecule has 2 rings (SSSR count). The third kappa shape index (κ3) is 5.53. The van der Waals surface area contributed by atoms with Crippen LogP contribution < -0.4 is 15.4 Å². The first kappa shape index (κ1) is 21.8. The van der Waals surface area contributed by atoms with Crippen molar-refractivity contribution in [3.8, 4) is 5.75 Å². The third-order valence-corrected chi connectivity index (χ3v) is 4.20. The Hall–Kier alpha value is -2.45. The van der Waals surface area contributed by atoms with Crippen LogP contribution in [0.3, 0.4) is 0 Å². The Morgan fingerprint density at radius 1 is 0.929 bits per heavy atom. The second-order valence-electron chi connectivity index (χ2n) is 5.56. The molecule has 0 unspecified atom stereocenters. The molecule has 0 saturated heterocycles. The standard InChI is InChI=1S/C18H15Cl2F3N2O3/c1-28-15-13(19)8-11(9-14(15)20)17(27)25-7-6-24-16(26)10-2-4-12(5-3-10)18(21,22)23/h2-5,8-9H,6-7H2,1H3,(H,24,26)(H,25,27). The second kappa shape index (κ2) is 9.16. The van der Waals surface area contributed by atoms with Crippen LogP contribution in [0.25, 0.3) is 0 Å². The van der Waals surface area contributed by atoms with Gasteiger partial charge >= 0.3 is 6.18 Å². The highest BCUT2D eigenvalue weighted by Gasteiger charge is 2.30. The Bertz CT molecular complexity index is 848. The minimum atomic E-state index is -4.47. The molecule has 28 heavy (non-hydrogen) atoms. The number of alkyl halides is 3. The van der Waals surface area contributed by atoms with Gasteiger partial charge in [-0.2, -0.15) is 13.2 Å². The molecule has 0 bridgehead atoms. The van der Waals surface area contributed by atoms with E-state index in [0.717, 1.165) is 24.3 Å².